The number of rotatable bonds is 1. The number of hydrogen-bond donors (Lipinski definition) is 0. The summed E-state index contributed by atoms with van der Waals surface area (Å²) in [6.45, 7) is 4.31. The fourth-order valence-corrected chi connectivity index (χ4v) is 6.58. The van der Waals surface area contributed by atoms with Crippen molar-refractivity contribution in [1.29, 1.82) is 0 Å². The third-order valence-electron chi connectivity index (χ3n) is 7.87. The van der Waals surface area contributed by atoms with E-state index >= 15 is 0 Å². The van der Waals surface area contributed by atoms with Crippen LogP contribution >= 0.6 is 0 Å². The van der Waals surface area contributed by atoms with Gasteiger partial charge in [-0.2, -0.15) is 0 Å². The zero-order valence-corrected chi connectivity index (χ0v) is 14.2. The summed E-state index contributed by atoms with van der Waals surface area (Å²) in [6.07, 6.45) is 8.23. The molecular formula is C20H26O3. The quantitative estimate of drug-likeness (QED) is 0.742. The molecule has 0 bridgehead atoms. The molecule has 0 heterocycles. The molecule has 0 aromatic carbocycles. The Morgan fingerprint density at radius 3 is 2.61 bits per heavy atom. The minimum absolute atomic E-state index is 0.0964. The van der Waals surface area contributed by atoms with Crippen LogP contribution in [0.5, 0.6) is 0 Å². The lowest BCUT2D eigenvalue weighted by atomic mass is 9.46. The molecule has 4 aliphatic carbocycles. The maximum absolute atomic E-state index is 12.9. The molecule has 4 rings (SSSR count). The van der Waals surface area contributed by atoms with Crippen LogP contribution < -0.4 is 0 Å². The lowest BCUT2D eigenvalue weighted by molar-refractivity contribution is -0.139. The molecule has 0 aromatic heterocycles. The number of fused-ring (bicyclic) bond motifs is 5. The number of ketones is 3. The molecule has 0 radical (unpaired) electrons. The Kier molecular flexibility index (Phi) is 3.24. The third kappa shape index (κ3) is 1.85. The highest BCUT2D eigenvalue weighted by molar-refractivity contribution is 6.06. The van der Waals surface area contributed by atoms with Crippen LogP contribution in [-0.4, -0.2) is 17.3 Å². The van der Waals surface area contributed by atoms with Gasteiger partial charge in [0.05, 0.1) is 0 Å². The van der Waals surface area contributed by atoms with Crippen LogP contribution in [0.15, 0.2) is 11.6 Å². The van der Waals surface area contributed by atoms with Gasteiger partial charge in [0.25, 0.3) is 0 Å². The molecule has 0 aromatic rings. The van der Waals surface area contributed by atoms with E-state index in [4.69, 9.17) is 0 Å². The maximum atomic E-state index is 12.9. The van der Waals surface area contributed by atoms with Crippen LogP contribution in [0, 0.1) is 28.6 Å². The molecule has 5 atom stereocenters. The smallest absolute Gasteiger partial charge is 0.159 e. The first-order valence-corrected chi connectivity index (χ1v) is 9.24. The minimum atomic E-state index is -0.192. The van der Waals surface area contributed by atoms with Gasteiger partial charge in [0.15, 0.2) is 11.6 Å². The van der Waals surface area contributed by atoms with Gasteiger partial charge in [-0.15, -0.1) is 0 Å². The van der Waals surface area contributed by atoms with Crippen molar-refractivity contribution in [3.8, 4) is 0 Å². The highest BCUT2D eigenvalue weighted by Gasteiger charge is 2.61. The summed E-state index contributed by atoms with van der Waals surface area (Å²) in [7, 11) is 0. The molecular weight excluding hydrogens is 288 g/mol. The van der Waals surface area contributed by atoms with E-state index in [1.54, 1.807) is 6.08 Å². The number of carbonyl (C=O) groups excluding carboxylic acids is 3. The fourth-order valence-electron chi connectivity index (χ4n) is 6.58. The largest absolute Gasteiger partial charge is 0.299 e. The Bertz CT molecular complexity index is 631. The molecule has 3 fully saturated rings. The predicted molar refractivity (Wildman–Crippen MR) is 86.7 cm³/mol. The monoisotopic (exact) mass is 314 g/mol. The summed E-state index contributed by atoms with van der Waals surface area (Å²) < 4.78 is 0. The lowest BCUT2D eigenvalue weighted by Gasteiger charge is -2.57. The maximum Gasteiger partial charge on any atom is 0.159 e. The molecule has 3 heteroatoms. The zero-order valence-electron chi connectivity index (χ0n) is 14.2. The van der Waals surface area contributed by atoms with Gasteiger partial charge in [-0.05, 0) is 55.9 Å². The Balaban J connectivity index is 1.78. The Labute approximate surface area is 137 Å². The van der Waals surface area contributed by atoms with Crippen LogP contribution in [-0.2, 0) is 14.4 Å². The van der Waals surface area contributed by atoms with Crippen LogP contribution in [0.25, 0.3) is 0 Å². The van der Waals surface area contributed by atoms with E-state index in [9.17, 15) is 14.4 Å². The average molecular weight is 314 g/mol. The van der Waals surface area contributed by atoms with E-state index in [1.165, 1.54) is 0 Å². The summed E-state index contributed by atoms with van der Waals surface area (Å²) in [4.78, 5) is 37.2. The van der Waals surface area contributed by atoms with Gasteiger partial charge in [-0.25, -0.2) is 0 Å². The van der Waals surface area contributed by atoms with Crippen LogP contribution in [0.4, 0.5) is 0 Å². The molecule has 0 saturated heterocycles. The number of Topliss-reactive ketones (excluding diaryl/α,β-unsaturated/α-hetero) is 2. The Hall–Kier alpha value is -1.25. The first kappa shape index (κ1) is 15.3. The average Bonchev–Trinajstić information content (AvgIpc) is 2.84. The number of carbonyl (C=O) groups is 3. The first-order valence-electron chi connectivity index (χ1n) is 9.24. The second kappa shape index (κ2) is 4.87. The van der Waals surface area contributed by atoms with Crippen molar-refractivity contribution in [2.45, 2.75) is 65.2 Å². The van der Waals surface area contributed by atoms with Gasteiger partial charge in [-0.1, -0.05) is 13.8 Å². The van der Waals surface area contributed by atoms with E-state index in [0.29, 0.717) is 42.8 Å². The second-order valence-electron chi connectivity index (χ2n) is 8.46. The molecule has 0 amide bonds. The van der Waals surface area contributed by atoms with Crippen LogP contribution in [0.2, 0.25) is 0 Å². The van der Waals surface area contributed by atoms with E-state index in [-0.39, 0.29) is 22.4 Å². The minimum Gasteiger partial charge on any atom is -0.299 e. The fraction of sp³-hybridized carbons (Fsp3) is 0.750. The SMILES string of the molecule is CC[C@]12CCC(=O)C=C1C(=O)C[C@@H]1[C@@H]2CC[C@]2(C)C(=O)CC[C@@H]12. The van der Waals surface area contributed by atoms with E-state index in [1.807, 2.05) is 0 Å². The van der Waals surface area contributed by atoms with Crippen molar-refractivity contribution in [2.75, 3.05) is 0 Å². The zero-order chi connectivity index (χ0) is 16.4. The number of hydrogen-bond acceptors (Lipinski definition) is 3. The topological polar surface area (TPSA) is 51.2 Å². The van der Waals surface area contributed by atoms with Crippen molar-refractivity contribution in [3.05, 3.63) is 11.6 Å². The normalized spacial score (nSPS) is 46.1. The molecule has 4 aliphatic rings. The third-order valence-corrected chi connectivity index (χ3v) is 7.87. The molecule has 0 aliphatic heterocycles. The molecule has 0 unspecified atom stereocenters. The van der Waals surface area contributed by atoms with Gasteiger partial charge in [-0.3, -0.25) is 14.4 Å². The van der Waals surface area contributed by atoms with Crippen molar-refractivity contribution in [2.24, 2.45) is 28.6 Å². The molecule has 0 spiro atoms. The van der Waals surface area contributed by atoms with E-state index in [0.717, 1.165) is 37.7 Å². The summed E-state index contributed by atoms with van der Waals surface area (Å²) in [6, 6.07) is 0. The molecule has 3 nitrogen and oxygen atoms in total. The Morgan fingerprint density at radius 2 is 1.87 bits per heavy atom. The summed E-state index contributed by atoms with van der Waals surface area (Å²) in [5, 5.41) is 0. The van der Waals surface area contributed by atoms with Crippen molar-refractivity contribution < 1.29 is 14.4 Å². The Morgan fingerprint density at radius 1 is 1.09 bits per heavy atom. The molecule has 0 N–H and O–H groups in total. The lowest BCUT2D eigenvalue weighted by Crippen LogP contribution is -2.53. The van der Waals surface area contributed by atoms with Gasteiger partial charge in [0.1, 0.15) is 5.78 Å². The van der Waals surface area contributed by atoms with Gasteiger partial charge in [0.2, 0.25) is 0 Å². The van der Waals surface area contributed by atoms with Gasteiger partial charge >= 0.3 is 0 Å². The first-order chi connectivity index (χ1) is 10.9. The molecule has 3 saturated carbocycles. The summed E-state index contributed by atoms with van der Waals surface area (Å²) >= 11 is 0. The second-order valence-corrected chi connectivity index (χ2v) is 8.46. The number of allylic oxidation sites excluding steroid dienone is 1. The highest BCUT2D eigenvalue weighted by atomic mass is 16.1. The van der Waals surface area contributed by atoms with Crippen molar-refractivity contribution >= 4 is 17.3 Å². The standard InChI is InChI=1S/C20H26O3/c1-3-20-9-6-12(21)10-16(20)17(22)11-13-14-4-5-18(23)19(14,2)8-7-15(13)20/h10,13-15H,3-9,11H2,1-2H3/t13-,14-,15-,19-,20+/m0/s1. The van der Waals surface area contributed by atoms with E-state index in [2.05, 4.69) is 13.8 Å². The predicted octanol–water partition coefficient (Wildman–Crippen LogP) is 3.66. The van der Waals surface area contributed by atoms with Gasteiger partial charge in [0, 0.05) is 35.7 Å². The van der Waals surface area contributed by atoms with Crippen molar-refractivity contribution in [1.82, 2.24) is 0 Å². The summed E-state index contributed by atoms with van der Waals surface area (Å²) in [5.74, 6) is 1.92. The van der Waals surface area contributed by atoms with E-state index < -0.39 is 0 Å². The van der Waals surface area contributed by atoms with Crippen LogP contribution in [0.1, 0.15) is 65.2 Å². The highest BCUT2D eigenvalue weighted by Crippen LogP contribution is 2.64. The summed E-state index contributed by atoms with van der Waals surface area (Å²) in [5.41, 5.74) is 0.536. The molecule has 23 heavy (non-hydrogen) atoms. The van der Waals surface area contributed by atoms with Gasteiger partial charge < -0.3 is 0 Å². The van der Waals surface area contributed by atoms with Crippen LogP contribution in [0.3, 0.4) is 0 Å². The molecule has 124 valence electrons. The van der Waals surface area contributed by atoms with Crippen molar-refractivity contribution in [3.63, 3.8) is 0 Å².